The normalized spacial score (nSPS) is 10.3. The van der Waals surface area contributed by atoms with E-state index in [0.717, 1.165) is 11.1 Å². The van der Waals surface area contributed by atoms with Gasteiger partial charge in [0.1, 0.15) is 0 Å². The molecule has 21 heavy (non-hydrogen) atoms. The van der Waals surface area contributed by atoms with Gasteiger partial charge in [0.05, 0.1) is 0 Å². The molecular weight excluding hydrogens is 333 g/mol. The Morgan fingerprint density at radius 2 is 1.67 bits per heavy atom. The SMILES string of the molecule is Cc1cc(C)cc(NC(=O)c2cc(Br)cc(B(O)O)c2)c1. The second kappa shape index (κ2) is 6.43. The molecule has 0 radical (unpaired) electrons. The predicted molar refractivity (Wildman–Crippen MR) is 87.8 cm³/mol. The first-order valence-corrected chi connectivity index (χ1v) is 7.21. The maximum Gasteiger partial charge on any atom is 0.488 e. The third kappa shape index (κ3) is 4.17. The Hall–Kier alpha value is -1.63. The van der Waals surface area contributed by atoms with Crippen LogP contribution in [0.4, 0.5) is 5.69 Å². The summed E-state index contributed by atoms with van der Waals surface area (Å²) in [5, 5.41) is 21.3. The van der Waals surface area contributed by atoms with Crippen molar-refractivity contribution < 1.29 is 14.8 Å². The summed E-state index contributed by atoms with van der Waals surface area (Å²) in [4.78, 5) is 12.3. The van der Waals surface area contributed by atoms with Gasteiger partial charge >= 0.3 is 7.12 Å². The Kier molecular flexibility index (Phi) is 4.82. The van der Waals surface area contributed by atoms with Gasteiger partial charge in [-0.2, -0.15) is 0 Å². The van der Waals surface area contributed by atoms with Gasteiger partial charge < -0.3 is 15.4 Å². The van der Waals surface area contributed by atoms with Crippen molar-refractivity contribution in [2.75, 3.05) is 5.32 Å². The van der Waals surface area contributed by atoms with E-state index in [0.29, 0.717) is 15.7 Å². The number of aryl methyl sites for hydroxylation is 2. The van der Waals surface area contributed by atoms with Crippen LogP contribution in [0.2, 0.25) is 0 Å². The molecule has 0 saturated heterocycles. The molecule has 0 saturated carbocycles. The van der Waals surface area contributed by atoms with Gasteiger partial charge in [-0.3, -0.25) is 4.79 Å². The maximum atomic E-state index is 12.3. The fourth-order valence-electron chi connectivity index (χ4n) is 2.14. The summed E-state index contributed by atoms with van der Waals surface area (Å²) in [7, 11) is -1.62. The van der Waals surface area contributed by atoms with Crippen LogP contribution < -0.4 is 10.8 Å². The minimum absolute atomic E-state index is 0.259. The largest absolute Gasteiger partial charge is 0.488 e. The van der Waals surface area contributed by atoms with E-state index in [4.69, 9.17) is 0 Å². The van der Waals surface area contributed by atoms with Crippen molar-refractivity contribution in [3.8, 4) is 0 Å². The van der Waals surface area contributed by atoms with Gasteiger partial charge in [0.2, 0.25) is 0 Å². The van der Waals surface area contributed by atoms with Gasteiger partial charge in [-0.05, 0) is 60.8 Å². The molecule has 0 aromatic heterocycles. The quantitative estimate of drug-likeness (QED) is 0.744. The zero-order valence-corrected chi connectivity index (χ0v) is 13.3. The van der Waals surface area contributed by atoms with Gasteiger partial charge in [0.15, 0.2) is 0 Å². The van der Waals surface area contributed by atoms with Crippen LogP contribution in [0.15, 0.2) is 40.9 Å². The molecule has 0 bridgehead atoms. The van der Waals surface area contributed by atoms with Crippen LogP contribution in [0.25, 0.3) is 0 Å². The maximum absolute atomic E-state index is 12.3. The molecule has 0 aliphatic rings. The lowest BCUT2D eigenvalue weighted by atomic mass is 9.79. The first-order valence-electron chi connectivity index (χ1n) is 6.41. The zero-order chi connectivity index (χ0) is 15.6. The Balaban J connectivity index is 2.28. The van der Waals surface area contributed by atoms with Crippen molar-refractivity contribution in [2.24, 2.45) is 0 Å². The van der Waals surface area contributed by atoms with Crippen LogP contribution in [0.5, 0.6) is 0 Å². The first-order chi connectivity index (χ1) is 9.85. The number of benzene rings is 2. The van der Waals surface area contributed by atoms with Crippen molar-refractivity contribution >= 4 is 40.1 Å². The number of nitrogens with one attached hydrogen (secondary N) is 1. The highest BCUT2D eigenvalue weighted by atomic mass is 79.9. The summed E-state index contributed by atoms with van der Waals surface area (Å²) >= 11 is 3.26. The van der Waals surface area contributed by atoms with E-state index in [-0.39, 0.29) is 11.4 Å². The number of hydrogen-bond donors (Lipinski definition) is 3. The molecule has 4 nitrogen and oxygen atoms in total. The summed E-state index contributed by atoms with van der Waals surface area (Å²) in [5.74, 6) is -0.303. The van der Waals surface area contributed by atoms with Gasteiger partial charge in [-0.15, -0.1) is 0 Å². The third-order valence-electron chi connectivity index (χ3n) is 2.96. The molecular formula is C15H15BBrNO3. The van der Waals surface area contributed by atoms with Crippen molar-refractivity contribution in [3.05, 3.63) is 57.6 Å². The minimum atomic E-state index is -1.62. The Morgan fingerprint density at radius 1 is 1.05 bits per heavy atom. The van der Waals surface area contributed by atoms with Crippen LogP contribution in [0, 0.1) is 13.8 Å². The number of halogens is 1. The van der Waals surface area contributed by atoms with Crippen molar-refractivity contribution in [1.82, 2.24) is 0 Å². The van der Waals surface area contributed by atoms with Crippen molar-refractivity contribution in [2.45, 2.75) is 13.8 Å². The highest BCUT2D eigenvalue weighted by molar-refractivity contribution is 9.10. The molecule has 6 heteroatoms. The summed E-state index contributed by atoms with van der Waals surface area (Å²) in [6.45, 7) is 3.92. The van der Waals surface area contributed by atoms with E-state index >= 15 is 0 Å². The lowest BCUT2D eigenvalue weighted by Crippen LogP contribution is -2.31. The van der Waals surface area contributed by atoms with Gasteiger partial charge in [-0.25, -0.2) is 0 Å². The van der Waals surface area contributed by atoms with E-state index in [1.54, 1.807) is 12.1 Å². The number of carbonyl (C=O) groups is 1. The molecule has 0 atom stereocenters. The molecule has 0 aliphatic heterocycles. The topological polar surface area (TPSA) is 69.6 Å². The van der Waals surface area contributed by atoms with E-state index in [2.05, 4.69) is 21.2 Å². The molecule has 2 aromatic rings. The highest BCUT2D eigenvalue weighted by Crippen LogP contribution is 2.16. The Bertz CT molecular complexity index is 668. The minimum Gasteiger partial charge on any atom is -0.423 e. The van der Waals surface area contributed by atoms with E-state index < -0.39 is 7.12 Å². The zero-order valence-electron chi connectivity index (χ0n) is 11.7. The predicted octanol–water partition coefficient (Wildman–Crippen LogP) is 2.00. The fourth-order valence-corrected chi connectivity index (χ4v) is 2.65. The second-order valence-electron chi connectivity index (χ2n) is 4.98. The summed E-state index contributed by atoms with van der Waals surface area (Å²) in [5.41, 5.74) is 3.45. The highest BCUT2D eigenvalue weighted by Gasteiger charge is 2.15. The molecule has 1 amide bonds. The van der Waals surface area contributed by atoms with E-state index in [9.17, 15) is 14.8 Å². The van der Waals surface area contributed by atoms with Crippen molar-refractivity contribution in [3.63, 3.8) is 0 Å². The first kappa shape index (κ1) is 15.8. The number of rotatable bonds is 3. The molecule has 2 rings (SSSR count). The van der Waals surface area contributed by atoms with Crippen LogP contribution >= 0.6 is 15.9 Å². The van der Waals surface area contributed by atoms with Crippen molar-refractivity contribution in [1.29, 1.82) is 0 Å². The van der Waals surface area contributed by atoms with Gasteiger partial charge in [-0.1, -0.05) is 22.0 Å². The number of carbonyl (C=O) groups excluding carboxylic acids is 1. The van der Waals surface area contributed by atoms with Gasteiger partial charge in [0, 0.05) is 15.7 Å². The summed E-state index contributed by atoms with van der Waals surface area (Å²) < 4.78 is 0.610. The van der Waals surface area contributed by atoms with E-state index in [1.807, 2.05) is 32.0 Å². The fraction of sp³-hybridized carbons (Fsp3) is 0.133. The number of hydrogen-bond acceptors (Lipinski definition) is 3. The monoisotopic (exact) mass is 347 g/mol. The van der Waals surface area contributed by atoms with Gasteiger partial charge in [0.25, 0.3) is 5.91 Å². The Labute approximate surface area is 132 Å². The standard InChI is InChI=1S/C15H15BBrNO3/c1-9-3-10(2)5-14(4-9)18-15(19)11-6-12(16(20)21)8-13(17)7-11/h3-8,20-21H,1-2H3,(H,18,19). The molecule has 0 aliphatic carbocycles. The average molecular weight is 348 g/mol. The lowest BCUT2D eigenvalue weighted by Gasteiger charge is -2.09. The third-order valence-corrected chi connectivity index (χ3v) is 3.42. The van der Waals surface area contributed by atoms with Crippen LogP contribution in [-0.2, 0) is 0 Å². The summed E-state index contributed by atoms with van der Waals surface area (Å²) in [6, 6.07) is 10.4. The average Bonchev–Trinajstić information content (AvgIpc) is 2.36. The van der Waals surface area contributed by atoms with Crippen LogP contribution in [-0.4, -0.2) is 23.1 Å². The molecule has 108 valence electrons. The van der Waals surface area contributed by atoms with Crippen LogP contribution in [0.3, 0.4) is 0 Å². The molecule has 0 spiro atoms. The summed E-state index contributed by atoms with van der Waals surface area (Å²) in [6.07, 6.45) is 0. The molecule has 0 unspecified atom stereocenters. The number of anilines is 1. The smallest absolute Gasteiger partial charge is 0.423 e. The Morgan fingerprint density at radius 3 is 2.24 bits per heavy atom. The second-order valence-corrected chi connectivity index (χ2v) is 5.89. The van der Waals surface area contributed by atoms with E-state index in [1.165, 1.54) is 6.07 Å². The molecule has 0 fully saturated rings. The number of amides is 1. The van der Waals surface area contributed by atoms with Crippen LogP contribution in [0.1, 0.15) is 21.5 Å². The molecule has 0 heterocycles. The molecule has 2 aromatic carbocycles. The molecule has 3 N–H and O–H groups in total. The lowest BCUT2D eigenvalue weighted by molar-refractivity contribution is 0.102.